The van der Waals surface area contributed by atoms with Crippen LogP contribution in [0.1, 0.15) is 24.1 Å². The minimum absolute atomic E-state index is 0.0121. The molecule has 1 amide bonds. The zero-order chi connectivity index (χ0) is 18.2. The van der Waals surface area contributed by atoms with E-state index >= 15 is 0 Å². The van der Waals surface area contributed by atoms with Crippen LogP contribution in [0.3, 0.4) is 0 Å². The first-order valence-electron chi connectivity index (χ1n) is 8.50. The van der Waals surface area contributed by atoms with Crippen LogP contribution in [0.2, 0.25) is 0 Å². The Morgan fingerprint density at radius 2 is 1.77 bits per heavy atom. The van der Waals surface area contributed by atoms with E-state index in [-0.39, 0.29) is 11.9 Å². The molecule has 0 radical (unpaired) electrons. The Morgan fingerprint density at radius 1 is 1.00 bits per heavy atom. The predicted molar refractivity (Wildman–Crippen MR) is 105 cm³/mol. The summed E-state index contributed by atoms with van der Waals surface area (Å²) in [5.74, 6) is 0.494. The number of thioether (sulfide) groups is 1. The molecule has 3 aromatic rings. The van der Waals surface area contributed by atoms with E-state index in [4.69, 9.17) is 0 Å². The minimum atomic E-state index is -0.0121. The van der Waals surface area contributed by atoms with Crippen LogP contribution in [-0.2, 0) is 11.3 Å². The van der Waals surface area contributed by atoms with Crippen molar-refractivity contribution < 1.29 is 4.79 Å². The van der Waals surface area contributed by atoms with E-state index in [1.54, 1.807) is 18.6 Å². The van der Waals surface area contributed by atoms with Crippen LogP contribution in [0.5, 0.6) is 0 Å². The van der Waals surface area contributed by atoms with Crippen molar-refractivity contribution in [3.63, 3.8) is 0 Å². The third-order valence-corrected chi connectivity index (χ3v) is 5.15. The summed E-state index contributed by atoms with van der Waals surface area (Å²) in [6.07, 6.45) is 7.04. The molecule has 0 saturated heterocycles. The van der Waals surface area contributed by atoms with E-state index in [0.717, 1.165) is 16.0 Å². The van der Waals surface area contributed by atoms with Crippen molar-refractivity contribution in [2.24, 2.45) is 0 Å². The number of hydrogen-bond donors (Lipinski definition) is 0. The van der Waals surface area contributed by atoms with Gasteiger partial charge in [0.1, 0.15) is 0 Å². The van der Waals surface area contributed by atoms with Gasteiger partial charge in [-0.3, -0.25) is 14.8 Å². The molecule has 26 heavy (non-hydrogen) atoms. The Labute approximate surface area is 158 Å². The van der Waals surface area contributed by atoms with E-state index < -0.39 is 0 Å². The van der Waals surface area contributed by atoms with E-state index in [9.17, 15) is 4.79 Å². The van der Waals surface area contributed by atoms with Gasteiger partial charge in [0, 0.05) is 36.2 Å². The Hall–Kier alpha value is -2.66. The fourth-order valence-electron chi connectivity index (χ4n) is 2.70. The highest BCUT2D eigenvalue weighted by Gasteiger charge is 2.22. The average molecular weight is 363 g/mol. The maximum absolute atomic E-state index is 13.0. The van der Waals surface area contributed by atoms with Crippen LogP contribution in [0.15, 0.2) is 84.3 Å². The van der Waals surface area contributed by atoms with Gasteiger partial charge in [-0.05, 0) is 36.2 Å². The van der Waals surface area contributed by atoms with Crippen molar-refractivity contribution in [1.29, 1.82) is 0 Å². The molecule has 0 aliphatic rings. The highest BCUT2D eigenvalue weighted by atomic mass is 32.2. The maximum Gasteiger partial charge on any atom is 0.233 e. The van der Waals surface area contributed by atoms with Gasteiger partial charge >= 0.3 is 0 Å². The Morgan fingerprint density at radius 3 is 2.46 bits per heavy atom. The summed E-state index contributed by atoms with van der Waals surface area (Å²) < 4.78 is 0. The largest absolute Gasteiger partial charge is 0.331 e. The zero-order valence-electron chi connectivity index (χ0n) is 14.7. The summed E-state index contributed by atoms with van der Waals surface area (Å²) in [4.78, 5) is 24.2. The van der Waals surface area contributed by atoms with Crippen molar-refractivity contribution in [2.75, 3.05) is 5.75 Å². The van der Waals surface area contributed by atoms with Gasteiger partial charge in [-0.2, -0.15) is 0 Å². The van der Waals surface area contributed by atoms with E-state index in [1.165, 1.54) is 11.8 Å². The van der Waals surface area contributed by atoms with Crippen LogP contribution in [0, 0.1) is 0 Å². The second kappa shape index (κ2) is 9.15. The molecule has 132 valence electrons. The van der Waals surface area contributed by atoms with Crippen LogP contribution >= 0.6 is 11.8 Å². The highest BCUT2D eigenvalue weighted by Crippen LogP contribution is 2.25. The summed E-state index contributed by atoms with van der Waals surface area (Å²) in [7, 11) is 0. The fraction of sp³-hybridized carbons (Fsp3) is 0.190. The topological polar surface area (TPSA) is 46.1 Å². The number of nitrogens with zero attached hydrogens (tertiary/aromatic N) is 3. The maximum atomic E-state index is 13.0. The molecular formula is C21H21N3OS. The minimum Gasteiger partial charge on any atom is -0.331 e. The number of carbonyl (C=O) groups excluding carboxylic acids is 1. The molecule has 0 saturated carbocycles. The lowest BCUT2D eigenvalue weighted by molar-refractivity contribution is -0.131. The highest BCUT2D eigenvalue weighted by molar-refractivity contribution is 8.00. The molecule has 4 nitrogen and oxygen atoms in total. The van der Waals surface area contributed by atoms with Crippen LogP contribution in [0.4, 0.5) is 0 Å². The van der Waals surface area contributed by atoms with Crippen LogP contribution in [-0.4, -0.2) is 26.5 Å². The molecule has 1 aromatic carbocycles. The summed E-state index contributed by atoms with van der Waals surface area (Å²) in [5, 5.41) is 0. The molecule has 0 fully saturated rings. The summed E-state index contributed by atoms with van der Waals surface area (Å²) in [6.45, 7) is 2.61. The second-order valence-electron chi connectivity index (χ2n) is 5.94. The second-order valence-corrected chi connectivity index (χ2v) is 6.99. The van der Waals surface area contributed by atoms with E-state index in [1.807, 2.05) is 53.6 Å². The van der Waals surface area contributed by atoms with Gasteiger partial charge in [0.05, 0.1) is 11.8 Å². The average Bonchev–Trinajstić information content (AvgIpc) is 2.72. The first-order valence-corrected chi connectivity index (χ1v) is 9.49. The molecule has 0 unspecified atom stereocenters. The number of carbonyl (C=O) groups is 1. The first-order chi connectivity index (χ1) is 12.7. The van der Waals surface area contributed by atoms with Gasteiger partial charge < -0.3 is 4.90 Å². The van der Waals surface area contributed by atoms with Crippen molar-refractivity contribution in [1.82, 2.24) is 14.9 Å². The molecule has 1 atom stereocenters. The van der Waals surface area contributed by atoms with Gasteiger partial charge in [0.25, 0.3) is 0 Å². The molecule has 0 spiro atoms. The molecule has 0 aliphatic heterocycles. The number of amides is 1. The van der Waals surface area contributed by atoms with Gasteiger partial charge in [-0.25, -0.2) is 0 Å². The van der Waals surface area contributed by atoms with Crippen molar-refractivity contribution in [3.8, 4) is 0 Å². The normalized spacial score (nSPS) is 11.7. The molecule has 0 aliphatic carbocycles. The fourth-order valence-corrected chi connectivity index (χ4v) is 3.47. The van der Waals surface area contributed by atoms with Gasteiger partial charge in [-0.15, -0.1) is 11.8 Å². The van der Waals surface area contributed by atoms with E-state index in [0.29, 0.717) is 12.3 Å². The zero-order valence-corrected chi connectivity index (χ0v) is 15.5. The standard InChI is InChI=1S/C21H21N3OS/c1-17(19-7-3-2-4-8-19)24(15-18-6-5-11-23-14-18)21(25)16-26-20-9-12-22-13-10-20/h2-14,17H,15-16H2,1H3/t17-/m0/s1. The summed E-state index contributed by atoms with van der Waals surface area (Å²) in [5.41, 5.74) is 2.15. The monoisotopic (exact) mass is 363 g/mol. The Bertz CT molecular complexity index is 812. The van der Waals surface area contributed by atoms with Gasteiger partial charge in [-0.1, -0.05) is 36.4 Å². The first kappa shape index (κ1) is 18.1. The van der Waals surface area contributed by atoms with Crippen molar-refractivity contribution in [3.05, 3.63) is 90.5 Å². The number of pyridine rings is 2. The summed E-state index contributed by atoms with van der Waals surface area (Å²) >= 11 is 1.53. The molecule has 3 rings (SSSR count). The number of benzene rings is 1. The molecule has 2 aromatic heterocycles. The SMILES string of the molecule is C[C@@H](c1ccccc1)N(Cc1cccnc1)C(=O)CSc1ccncc1. The summed E-state index contributed by atoms with van der Waals surface area (Å²) in [6, 6.07) is 17.8. The third-order valence-electron chi connectivity index (χ3n) is 4.16. The number of aromatic nitrogens is 2. The molecule has 5 heteroatoms. The lowest BCUT2D eigenvalue weighted by Gasteiger charge is -2.30. The molecule has 0 bridgehead atoms. The van der Waals surface area contributed by atoms with Crippen LogP contribution < -0.4 is 0 Å². The van der Waals surface area contributed by atoms with E-state index in [2.05, 4.69) is 29.0 Å². The molecular weight excluding hydrogens is 342 g/mol. The van der Waals surface area contributed by atoms with Crippen molar-refractivity contribution >= 4 is 17.7 Å². The lowest BCUT2D eigenvalue weighted by atomic mass is 10.1. The Kier molecular flexibility index (Phi) is 6.39. The predicted octanol–water partition coefficient (Wildman–Crippen LogP) is 4.36. The van der Waals surface area contributed by atoms with Crippen LogP contribution in [0.25, 0.3) is 0 Å². The molecule has 2 heterocycles. The van der Waals surface area contributed by atoms with Crippen molar-refractivity contribution in [2.45, 2.75) is 24.4 Å². The smallest absolute Gasteiger partial charge is 0.233 e. The van der Waals surface area contributed by atoms with Gasteiger partial charge in [0.15, 0.2) is 0 Å². The molecule has 0 N–H and O–H groups in total. The quantitative estimate of drug-likeness (QED) is 0.585. The van der Waals surface area contributed by atoms with Gasteiger partial charge in [0.2, 0.25) is 5.91 Å². The number of rotatable bonds is 7. The Balaban J connectivity index is 1.76. The number of hydrogen-bond acceptors (Lipinski definition) is 4. The third kappa shape index (κ3) is 4.92. The lowest BCUT2D eigenvalue weighted by Crippen LogP contribution is -2.34.